The fourth-order valence-corrected chi connectivity index (χ4v) is 5.49. The van der Waals surface area contributed by atoms with E-state index in [0.29, 0.717) is 16.9 Å². The number of Topliss-reactive ketones (excluding diaryl/α,β-unsaturated/α-hetero) is 1. The van der Waals surface area contributed by atoms with Crippen molar-refractivity contribution < 1.29 is 14.4 Å². The number of hydrogen-bond donors (Lipinski definition) is 2. The Morgan fingerprint density at radius 1 is 0.882 bits per heavy atom. The van der Waals surface area contributed by atoms with Crippen molar-refractivity contribution in [3.05, 3.63) is 72.4 Å². The highest BCUT2D eigenvalue weighted by molar-refractivity contribution is 8.01. The molecule has 10 heteroatoms. The monoisotopic (exact) mass is 508 g/mol. The summed E-state index contributed by atoms with van der Waals surface area (Å²) in [7, 11) is 0. The average Bonchev–Trinajstić information content (AvgIpc) is 3.25. The first-order valence-electron chi connectivity index (χ1n) is 10.2. The highest BCUT2D eigenvalue weighted by Gasteiger charge is 2.11. The summed E-state index contributed by atoms with van der Waals surface area (Å²) in [4.78, 5) is 44.7. The number of nitrogens with one attached hydrogen (secondary N) is 2. The van der Waals surface area contributed by atoms with E-state index in [1.165, 1.54) is 41.8 Å². The van der Waals surface area contributed by atoms with Gasteiger partial charge in [0.15, 0.2) is 10.1 Å². The van der Waals surface area contributed by atoms with Crippen LogP contribution in [-0.2, 0) is 9.59 Å². The summed E-state index contributed by atoms with van der Waals surface area (Å²) in [5.74, 6) is 0.198. The van der Waals surface area contributed by atoms with Gasteiger partial charge in [-0.1, -0.05) is 29.6 Å². The molecule has 7 nitrogen and oxygen atoms in total. The molecule has 0 saturated heterocycles. The number of fused-ring (bicyclic) bond motifs is 1. The SMILES string of the molecule is CC(=O)c1ccc(NC(=O)CSc2nc3ccc(NC(=O)CSc4ccccn4)cc3s2)cc1. The molecule has 2 aromatic carbocycles. The lowest BCUT2D eigenvalue weighted by Crippen LogP contribution is -2.13. The number of carbonyl (C=O) groups is 3. The molecule has 4 aromatic rings. The zero-order valence-electron chi connectivity index (χ0n) is 18.1. The second-order valence-corrected chi connectivity index (χ2v) is 10.4. The third-order valence-corrected chi connectivity index (χ3v) is 7.65. The number of anilines is 2. The molecule has 34 heavy (non-hydrogen) atoms. The van der Waals surface area contributed by atoms with E-state index in [1.54, 1.807) is 30.5 Å². The average molecular weight is 509 g/mol. The fourth-order valence-electron chi connectivity index (χ4n) is 2.92. The third-order valence-electron chi connectivity index (χ3n) is 4.54. The predicted molar refractivity (Wildman–Crippen MR) is 139 cm³/mol. The van der Waals surface area contributed by atoms with E-state index in [4.69, 9.17) is 0 Å². The van der Waals surface area contributed by atoms with Crippen LogP contribution in [0, 0.1) is 0 Å². The fraction of sp³-hybridized carbons (Fsp3) is 0.125. The highest BCUT2D eigenvalue weighted by atomic mass is 32.2. The van der Waals surface area contributed by atoms with Crippen molar-refractivity contribution in [3.8, 4) is 0 Å². The lowest BCUT2D eigenvalue weighted by atomic mass is 10.1. The van der Waals surface area contributed by atoms with Gasteiger partial charge < -0.3 is 10.6 Å². The molecule has 0 unspecified atom stereocenters. The number of carbonyl (C=O) groups excluding carboxylic acids is 3. The zero-order chi connectivity index (χ0) is 23.9. The number of ketones is 1. The Morgan fingerprint density at radius 2 is 1.59 bits per heavy atom. The molecule has 0 aliphatic heterocycles. The van der Waals surface area contributed by atoms with Crippen LogP contribution in [0.5, 0.6) is 0 Å². The molecule has 0 aliphatic rings. The van der Waals surface area contributed by atoms with Gasteiger partial charge in [0.05, 0.1) is 26.7 Å². The number of rotatable bonds is 9. The van der Waals surface area contributed by atoms with Crippen LogP contribution < -0.4 is 10.6 Å². The van der Waals surface area contributed by atoms with Gasteiger partial charge in [-0.05, 0) is 61.5 Å². The Balaban J connectivity index is 1.29. The first-order chi connectivity index (χ1) is 16.5. The molecular weight excluding hydrogens is 488 g/mol. The smallest absolute Gasteiger partial charge is 0.234 e. The summed E-state index contributed by atoms with van der Waals surface area (Å²) in [6.45, 7) is 1.50. The van der Waals surface area contributed by atoms with E-state index in [0.717, 1.165) is 19.6 Å². The number of thioether (sulfide) groups is 2. The first-order valence-corrected chi connectivity index (χ1v) is 13.0. The maximum atomic E-state index is 12.3. The van der Waals surface area contributed by atoms with Gasteiger partial charge in [0, 0.05) is 23.1 Å². The summed E-state index contributed by atoms with van der Waals surface area (Å²) in [6.07, 6.45) is 1.70. The van der Waals surface area contributed by atoms with E-state index < -0.39 is 0 Å². The summed E-state index contributed by atoms with van der Waals surface area (Å²) in [5, 5.41) is 6.52. The van der Waals surface area contributed by atoms with Crippen LogP contribution in [0.25, 0.3) is 10.2 Å². The van der Waals surface area contributed by atoms with Crippen LogP contribution in [0.2, 0.25) is 0 Å². The summed E-state index contributed by atoms with van der Waals surface area (Å²) < 4.78 is 1.70. The van der Waals surface area contributed by atoms with Crippen molar-refractivity contribution in [3.63, 3.8) is 0 Å². The molecule has 172 valence electrons. The predicted octanol–water partition coefficient (Wildman–Crippen LogP) is 5.36. The molecule has 0 saturated carbocycles. The Hall–Kier alpha value is -3.21. The van der Waals surface area contributed by atoms with Crippen molar-refractivity contribution in [2.45, 2.75) is 16.3 Å². The molecule has 0 bridgehead atoms. The van der Waals surface area contributed by atoms with E-state index in [2.05, 4.69) is 20.6 Å². The van der Waals surface area contributed by atoms with Crippen LogP contribution in [0.15, 0.2) is 76.2 Å². The molecule has 2 heterocycles. The Morgan fingerprint density at radius 3 is 2.29 bits per heavy atom. The molecule has 4 rings (SSSR count). The van der Waals surface area contributed by atoms with Gasteiger partial charge in [-0.25, -0.2) is 9.97 Å². The number of nitrogens with zero attached hydrogens (tertiary/aromatic N) is 2. The van der Waals surface area contributed by atoms with E-state index in [9.17, 15) is 14.4 Å². The van der Waals surface area contributed by atoms with Crippen molar-refractivity contribution in [2.24, 2.45) is 0 Å². The van der Waals surface area contributed by atoms with Gasteiger partial charge in [-0.2, -0.15) is 0 Å². The number of pyridine rings is 1. The topological polar surface area (TPSA) is 101 Å². The standard InChI is InChI=1S/C24H20N4O3S3/c1-15(29)16-5-7-17(8-6-16)26-22(31)14-33-24-28-19-10-9-18(12-20(19)34-24)27-21(30)13-32-23-4-2-3-11-25-23/h2-12H,13-14H2,1H3,(H,26,31)(H,27,30). The molecule has 0 atom stereocenters. The van der Waals surface area contributed by atoms with Crippen molar-refractivity contribution >= 4 is 74.0 Å². The molecular formula is C24H20N4O3S3. The normalized spacial score (nSPS) is 10.7. The third kappa shape index (κ3) is 6.66. The largest absolute Gasteiger partial charge is 0.325 e. The lowest BCUT2D eigenvalue weighted by molar-refractivity contribution is -0.114. The second-order valence-electron chi connectivity index (χ2n) is 7.14. The van der Waals surface area contributed by atoms with E-state index >= 15 is 0 Å². The zero-order valence-corrected chi connectivity index (χ0v) is 20.6. The maximum absolute atomic E-state index is 12.3. The van der Waals surface area contributed by atoms with Crippen LogP contribution >= 0.6 is 34.9 Å². The number of amides is 2. The minimum Gasteiger partial charge on any atom is -0.325 e. The molecule has 0 aliphatic carbocycles. The van der Waals surface area contributed by atoms with Crippen LogP contribution in [0.1, 0.15) is 17.3 Å². The van der Waals surface area contributed by atoms with Gasteiger partial charge in [-0.3, -0.25) is 14.4 Å². The number of hydrogen-bond acceptors (Lipinski definition) is 8. The Bertz CT molecular complexity index is 1320. The van der Waals surface area contributed by atoms with Crippen LogP contribution in [-0.4, -0.2) is 39.1 Å². The minimum atomic E-state index is -0.154. The summed E-state index contributed by atoms with van der Waals surface area (Å²) in [6, 6.07) is 17.9. The van der Waals surface area contributed by atoms with Gasteiger partial charge in [0.1, 0.15) is 0 Å². The first kappa shape index (κ1) is 23.9. The summed E-state index contributed by atoms with van der Waals surface area (Å²) in [5.41, 5.74) is 2.76. The van der Waals surface area contributed by atoms with Gasteiger partial charge in [0.2, 0.25) is 11.8 Å². The molecule has 0 radical (unpaired) electrons. The minimum absolute atomic E-state index is 0.0182. The lowest BCUT2D eigenvalue weighted by Gasteiger charge is -2.04. The number of aromatic nitrogens is 2. The van der Waals surface area contributed by atoms with Crippen molar-refractivity contribution in [2.75, 3.05) is 22.1 Å². The molecule has 0 fully saturated rings. The van der Waals surface area contributed by atoms with E-state index in [1.807, 2.05) is 36.4 Å². The molecule has 2 aromatic heterocycles. The van der Waals surface area contributed by atoms with Crippen LogP contribution in [0.3, 0.4) is 0 Å². The molecule has 0 spiro atoms. The number of thiazole rings is 1. The Labute approximate surface area is 208 Å². The molecule has 2 amide bonds. The maximum Gasteiger partial charge on any atom is 0.234 e. The quantitative estimate of drug-likeness (QED) is 0.232. The highest BCUT2D eigenvalue weighted by Crippen LogP contribution is 2.31. The van der Waals surface area contributed by atoms with Crippen molar-refractivity contribution in [1.29, 1.82) is 0 Å². The Kier molecular flexibility index (Phi) is 7.94. The van der Waals surface area contributed by atoms with Crippen molar-refractivity contribution in [1.82, 2.24) is 9.97 Å². The second kappa shape index (κ2) is 11.3. The van der Waals surface area contributed by atoms with Crippen LogP contribution in [0.4, 0.5) is 11.4 Å². The van der Waals surface area contributed by atoms with E-state index in [-0.39, 0.29) is 29.1 Å². The molecule has 2 N–H and O–H groups in total. The van der Waals surface area contributed by atoms with Gasteiger partial charge >= 0.3 is 0 Å². The number of benzene rings is 2. The van der Waals surface area contributed by atoms with Gasteiger partial charge in [0.25, 0.3) is 0 Å². The van der Waals surface area contributed by atoms with Gasteiger partial charge in [-0.15, -0.1) is 11.3 Å². The summed E-state index contributed by atoms with van der Waals surface area (Å²) >= 11 is 4.20.